The summed E-state index contributed by atoms with van der Waals surface area (Å²) >= 11 is 0. The largest absolute Gasteiger partial charge is 0.465 e. The number of hydrogen-bond donors (Lipinski definition) is 3. The minimum Gasteiger partial charge on any atom is -0.465 e. The Hall–Kier alpha value is -6.92. The number of amides is 3. The van der Waals surface area contributed by atoms with E-state index in [0.717, 1.165) is 27.8 Å². The number of Topliss-reactive ketones (excluding diaryl/α,β-unsaturated/α-hetero) is 4. The molecule has 75 heavy (non-hydrogen) atoms. The molecule has 1 aliphatic rings. The predicted molar refractivity (Wildman–Crippen MR) is 275 cm³/mol. The average Bonchev–Trinajstić information content (AvgIpc) is 3.68. The minimum atomic E-state index is -1.15. The van der Waals surface area contributed by atoms with Crippen molar-refractivity contribution in [1.82, 2.24) is 16.0 Å². The second-order valence-electron chi connectivity index (χ2n) is 19.7. The van der Waals surface area contributed by atoms with Crippen LogP contribution in [0.15, 0.2) is 78.9 Å². The summed E-state index contributed by atoms with van der Waals surface area (Å²) in [4.78, 5) is 128. The van der Waals surface area contributed by atoms with Crippen molar-refractivity contribution in [3.05, 3.63) is 95.6 Å². The SMILES string of the molecule is CC(=O)CCC(NC(=O)C(CCC(=O)NC(CCC(C)=O)C(=O)OCc1ccccc1)CC(=O)COCCOCCNC(=O)CCC(CC(=O)OCC1c2ccccc2-c2ccccc21)C(=O)OC(C)(C)C)C(C)=O. The van der Waals surface area contributed by atoms with E-state index in [-0.39, 0.29) is 127 Å². The molecule has 3 N–H and O–H groups in total. The highest BCUT2D eigenvalue weighted by molar-refractivity contribution is 5.92. The topological polar surface area (TPSA) is 253 Å². The summed E-state index contributed by atoms with van der Waals surface area (Å²) in [6, 6.07) is 22.7. The third kappa shape index (κ3) is 22.2. The first-order valence-corrected chi connectivity index (χ1v) is 25.5. The third-order valence-corrected chi connectivity index (χ3v) is 12.2. The van der Waals surface area contributed by atoms with Gasteiger partial charge < -0.3 is 49.2 Å². The smallest absolute Gasteiger partial charge is 0.328 e. The van der Waals surface area contributed by atoms with E-state index in [4.69, 9.17) is 23.7 Å². The fraction of sp³-hybridized carbons (Fsp3) is 0.509. The number of ether oxygens (including phenoxy) is 5. The van der Waals surface area contributed by atoms with Crippen LogP contribution in [-0.2, 0) is 78.2 Å². The van der Waals surface area contributed by atoms with Crippen LogP contribution in [0, 0.1) is 11.8 Å². The average molecular weight is 1040 g/mol. The Morgan fingerprint density at radius 1 is 0.573 bits per heavy atom. The molecule has 3 aromatic rings. The molecule has 0 fully saturated rings. The second-order valence-corrected chi connectivity index (χ2v) is 19.7. The van der Waals surface area contributed by atoms with E-state index in [0.29, 0.717) is 0 Å². The highest BCUT2D eigenvalue weighted by Crippen LogP contribution is 2.44. The number of esters is 3. The summed E-state index contributed by atoms with van der Waals surface area (Å²) in [5, 5.41) is 7.93. The third-order valence-electron chi connectivity index (χ3n) is 12.2. The Kier molecular flexibility index (Phi) is 25.1. The van der Waals surface area contributed by atoms with Crippen LogP contribution >= 0.6 is 0 Å². The monoisotopic (exact) mass is 1040 g/mol. The molecule has 0 radical (unpaired) electrons. The van der Waals surface area contributed by atoms with Gasteiger partial charge in [-0.25, -0.2) is 4.79 Å². The molecule has 0 saturated carbocycles. The molecule has 0 spiro atoms. The van der Waals surface area contributed by atoms with Crippen LogP contribution in [0.2, 0.25) is 0 Å². The predicted octanol–water partition coefficient (Wildman–Crippen LogP) is 6.02. The van der Waals surface area contributed by atoms with Gasteiger partial charge in [0.15, 0.2) is 11.6 Å². The first kappa shape index (κ1) is 60.6. The number of fused-ring (bicyclic) bond motifs is 3. The van der Waals surface area contributed by atoms with Gasteiger partial charge in [0.1, 0.15) is 43.0 Å². The lowest BCUT2D eigenvalue weighted by molar-refractivity contribution is -0.164. The standard InChI is InChI=1S/C57H73N3O15/c1-37(61)20-24-49(39(3)63)60-54(68)41(22-27-52(66)59-50(25-21-38(2)62)56(70)74-34-40-14-8-7-9-15-40)32-43(64)35-72-31-30-71-29-28-58-51(65)26-23-42(55(69)75-57(4,5)6)33-53(67)73-36-48-46-18-12-10-16-44(46)45-17-11-13-19-47(45)48/h7-19,41-42,48-50H,20-36H2,1-6H3,(H,58,65)(H,59,66)(H,60,68). The molecule has 406 valence electrons. The highest BCUT2D eigenvalue weighted by atomic mass is 16.6. The molecule has 18 heteroatoms. The summed E-state index contributed by atoms with van der Waals surface area (Å²) in [7, 11) is 0. The maximum atomic E-state index is 13.6. The zero-order chi connectivity index (χ0) is 54.9. The Bertz CT molecular complexity index is 2400. The first-order chi connectivity index (χ1) is 35.7. The van der Waals surface area contributed by atoms with Crippen molar-refractivity contribution in [3.8, 4) is 11.1 Å². The van der Waals surface area contributed by atoms with Gasteiger partial charge >= 0.3 is 17.9 Å². The lowest BCUT2D eigenvalue weighted by Crippen LogP contribution is -2.44. The van der Waals surface area contributed by atoms with Crippen molar-refractivity contribution in [3.63, 3.8) is 0 Å². The van der Waals surface area contributed by atoms with Crippen molar-refractivity contribution in [2.75, 3.05) is 39.6 Å². The maximum absolute atomic E-state index is 13.6. The summed E-state index contributed by atoms with van der Waals surface area (Å²) in [6.07, 6.45) is -1.07. The minimum absolute atomic E-state index is 0.00514. The number of ketones is 4. The second kappa shape index (κ2) is 31.1. The molecule has 0 heterocycles. The Balaban J connectivity index is 1.21. The molecule has 0 aromatic heterocycles. The molecule has 18 nitrogen and oxygen atoms in total. The number of benzene rings is 3. The van der Waals surface area contributed by atoms with Crippen molar-refractivity contribution < 1.29 is 71.6 Å². The number of carbonyl (C=O) groups excluding carboxylic acids is 10. The van der Waals surface area contributed by atoms with Gasteiger partial charge in [-0.1, -0.05) is 78.9 Å². The quantitative estimate of drug-likeness (QED) is 0.0352. The van der Waals surface area contributed by atoms with E-state index in [2.05, 4.69) is 16.0 Å². The van der Waals surface area contributed by atoms with E-state index in [1.165, 1.54) is 20.8 Å². The molecule has 1 aliphatic carbocycles. The van der Waals surface area contributed by atoms with Crippen LogP contribution in [0.25, 0.3) is 11.1 Å². The van der Waals surface area contributed by atoms with Crippen molar-refractivity contribution in [2.24, 2.45) is 11.8 Å². The van der Waals surface area contributed by atoms with Crippen LogP contribution < -0.4 is 16.0 Å². The van der Waals surface area contributed by atoms with Crippen molar-refractivity contribution in [2.45, 2.75) is 136 Å². The molecular weight excluding hydrogens is 967 g/mol. The van der Waals surface area contributed by atoms with Gasteiger partial charge in [-0.15, -0.1) is 0 Å². The Labute approximate surface area is 439 Å². The number of carbonyl (C=O) groups is 10. The van der Waals surface area contributed by atoms with Crippen LogP contribution in [0.1, 0.15) is 128 Å². The molecule has 4 rings (SSSR count). The van der Waals surface area contributed by atoms with Gasteiger partial charge in [0.05, 0.1) is 38.2 Å². The highest BCUT2D eigenvalue weighted by Gasteiger charge is 2.33. The van der Waals surface area contributed by atoms with Gasteiger partial charge in [0, 0.05) is 50.5 Å². The zero-order valence-corrected chi connectivity index (χ0v) is 44.0. The van der Waals surface area contributed by atoms with Gasteiger partial charge in [0.25, 0.3) is 0 Å². The molecule has 3 amide bonds. The lowest BCUT2D eigenvalue weighted by Gasteiger charge is -2.24. The first-order valence-electron chi connectivity index (χ1n) is 25.5. The van der Waals surface area contributed by atoms with E-state index < -0.39 is 77.4 Å². The van der Waals surface area contributed by atoms with Crippen LogP contribution in [0.5, 0.6) is 0 Å². The zero-order valence-electron chi connectivity index (χ0n) is 44.0. The number of nitrogens with one attached hydrogen (secondary N) is 3. The van der Waals surface area contributed by atoms with Crippen LogP contribution in [-0.4, -0.2) is 116 Å². The van der Waals surface area contributed by atoms with E-state index in [1.807, 2.05) is 54.6 Å². The van der Waals surface area contributed by atoms with Gasteiger partial charge in [-0.3, -0.25) is 33.6 Å². The van der Waals surface area contributed by atoms with Crippen LogP contribution in [0.4, 0.5) is 0 Å². The normalized spacial score (nSPS) is 13.4. The molecule has 3 aromatic carbocycles. The Morgan fingerprint density at radius 3 is 1.76 bits per heavy atom. The summed E-state index contributed by atoms with van der Waals surface area (Å²) in [5.41, 5.74) is 4.19. The van der Waals surface area contributed by atoms with Crippen molar-refractivity contribution >= 4 is 58.8 Å². The maximum Gasteiger partial charge on any atom is 0.328 e. The van der Waals surface area contributed by atoms with Gasteiger partial charge in [-0.05, 0) is 95.0 Å². The van der Waals surface area contributed by atoms with Crippen LogP contribution in [0.3, 0.4) is 0 Å². The van der Waals surface area contributed by atoms with E-state index in [1.54, 1.807) is 45.0 Å². The molecule has 4 unspecified atom stereocenters. The molecular formula is C57H73N3O15. The van der Waals surface area contributed by atoms with Gasteiger partial charge in [0.2, 0.25) is 17.7 Å². The van der Waals surface area contributed by atoms with E-state index >= 15 is 0 Å². The molecule has 4 atom stereocenters. The summed E-state index contributed by atoms with van der Waals surface area (Å²) in [6.45, 7) is 8.99. The fourth-order valence-electron chi connectivity index (χ4n) is 8.30. The lowest BCUT2D eigenvalue weighted by atomic mass is 9.94. The number of rotatable bonds is 34. The summed E-state index contributed by atoms with van der Waals surface area (Å²) in [5.74, 6) is -7.07. The molecule has 0 aliphatic heterocycles. The Morgan fingerprint density at radius 2 is 1.15 bits per heavy atom. The summed E-state index contributed by atoms with van der Waals surface area (Å²) < 4.78 is 27.8. The molecule has 0 bridgehead atoms. The fourth-order valence-corrected chi connectivity index (χ4v) is 8.30. The number of hydrogen-bond acceptors (Lipinski definition) is 15. The van der Waals surface area contributed by atoms with Crippen molar-refractivity contribution in [1.29, 1.82) is 0 Å². The molecule has 0 saturated heterocycles. The van der Waals surface area contributed by atoms with Gasteiger partial charge in [-0.2, -0.15) is 0 Å². The van der Waals surface area contributed by atoms with E-state index in [9.17, 15) is 47.9 Å².